The fourth-order valence-corrected chi connectivity index (χ4v) is 4.44. The Morgan fingerprint density at radius 2 is 2.03 bits per heavy atom. The summed E-state index contributed by atoms with van der Waals surface area (Å²) < 4.78 is 6.87. The van der Waals surface area contributed by atoms with Gasteiger partial charge in [-0.15, -0.1) is 0 Å². The van der Waals surface area contributed by atoms with Crippen LogP contribution in [0.2, 0.25) is 0 Å². The van der Waals surface area contributed by atoms with Crippen molar-refractivity contribution in [2.75, 3.05) is 25.0 Å². The van der Waals surface area contributed by atoms with Gasteiger partial charge < -0.3 is 25.3 Å². The van der Waals surface area contributed by atoms with E-state index in [4.69, 9.17) is 4.74 Å². The molecule has 3 N–H and O–H groups in total. The predicted octanol–water partition coefficient (Wildman–Crippen LogP) is 3.33. The predicted molar refractivity (Wildman–Crippen MR) is 143 cm³/mol. The number of aryl methyl sites for hydroxylation is 2. The van der Waals surface area contributed by atoms with Crippen LogP contribution in [0.1, 0.15) is 44.0 Å². The molecule has 1 aromatic carbocycles. The number of aromatic amines is 1. The summed E-state index contributed by atoms with van der Waals surface area (Å²) in [5.74, 6) is 0.118. The number of benzene rings is 1. The number of hydrogen-bond donors (Lipinski definition) is 3. The lowest BCUT2D eigenvalue weighted by molar-refractivity contribution is -0.121. The number of anilines is 1. The Kier molecular flexibility index (Phi) is 7.56. The lowest BCUT2D eigenvalue weighted by Crippen LogP contribution is -2.36. The number of amides is 2. The Balaban J connectivity index is 1.32. The first-order valence-electron chi connectivity index (χ1n) is 12.6. The normalized spacial score (nSPS) is 15.7. The van der Waals surface area contributed by atoms with Crippen molar-refractivity contribution < 1.29 is 14.3 Å². The Hall–Kier alpha value is -3.82. The van der Waals surface area contributed by atoms with E-state index in [0.29, 0.717) is 31.9 Å². The van der Waals surface area contributed by atoms with Crippen LogP contribution < -0.4 is 16.2 Å². The summed E-state index contributed by atoms with van der Waals surface area (Å²) in [5.41, 5.74) is 2.92. The second-order valence-corrected chi connectivity index (χ2v) is 10.7. The zero-order valence-electron chi connectivity index (χ0n) is 22.2. The summed E-state index contributed by atoms with van der Waals surface area (Å²) in [4.78, 5) is 47.2. The smallest absolute Gasteiger partial charge is 0.410 e. The van der Waals surface area contributed by atoms with Crippen molar-refractivity contribution >= 4 is 28.7 Å². The molecule has 0 saturated carbocycles. The van der Waals surface area contributed by atoms with E-state index in [1.807, 2.05) is 46.0 Å². The molecule has 1 fully saturated rings. The molecule has 0 bridgehead atoms. The van der Waals surface area contributed by atoms with Crippen LogP contribution in [0.3, 0.4) is 0 Å². The van der Waals surface area contributed by atoms with E-state index < -0.39 is 5.60 Å². The first-order valence-corrected chi connectivity index (χ1v) is 12.6. The lowest BCUT2D eigenvalue weighted by Gasteiger charge is -2.24. The zero-order valence-corrected chi connectivity index (χ0v) is 22.2. The molecular formula is C27H36N6O4. The molecule has 2 amide bonds. The average molecular weight is 509 g/mol. The Labute approximate surface area is 216 Å². The lowest BCUT2D eigenvalue weighted by atomic mass is 10.1. The monoisotopic (exact) mass is 508 g/mol. The van der Waals surface area contributed by atoms with Crippen molar-refractivity contribution in [3.8, 4) is 0 Å². The number of ether oxygens (including phenoxy) is 1. The second kappa shape index (κ2) is 10.7. The van der Waals surface area contributed by atoms with Crippen molar-refractivity contribution in [2.45, 2.75) is 59.7 Å². The van der Waals surface area contributed by atoms with Crippen molar-refractivity contribution in [2.24, 2.45) is 5.92 Å². The average Bonchev–Trinajstić information content (AvgIpc) is 3.46. The molecule has 10 heteroatoms. The van der Waals surface area contributed by atoms with Crippen molar-refractivity contribution in [3.63, 3.8) is 0 Å². The van der Waals surface area contributed by atoms with Gasteiger partial charge in [0.05, 0.1) is 0 Å². The number of H-pyrrole nitrogens is 1. The molecule has 4 rings (SSSR count). The topological polar surface area (TPSA) is 121 Å². The van der Waals surface area contributed by atoms with Crippen molar-refractivity contribution in [1.82, 2.24) is 24.8 Å². The molecule has 3 aromatic rings. The van der Waals surface area contributed by atoms with Crippen molar-refractivity contribution in [1.29, 1.82) is 0 Å². The number of hydrogen-bond acceptors (Lipinski definition) is 6. The van der Waals surface area contributed by atoms with E-state index in [1.165, 1.54) is 4.57 Å². The van der Waals surface area contributed by atoms with Gasteiger partial charge >= 0.3 is 6.09 Å². The number of fused-ring (bicyclic) bond motifs is 1. The number of nitrogens with zero attached hydrogens (tertiary/aromatic N) is 3. The van der Waals surface area contributed by atoms with Crippen LogP contribution in [0.15, 0.2) is 35.4 Å². The third-order valence-corrected chi connectivity index (χ3v) is 6.49. The fourth-order valence-electron chi connectivity index (χ4n) is 4.44. The Morgan fingerprint density at radius 1 is 1.24 bits per heavy atom. The van der Waals surface area contributed by atoms with E-state index in [2.05, 4.69) is 26.7 Å². The molecule has 0 unspecified atom stereocenters. The molecule has 3 heterocycles. The van der Waals surface area contributed by atoms with Crippen LogP contribution in [0.25, 0.3) is 10.9 Å². The number of likely N-dealkylation sites (tertiary alicyclic amines) is 1. The van der Waals surface area contributed by atoms with Crippen molar-refractivity contribution in [3.05, 3.63) is 57.8 Å². The van der Waals surface area contributed by atoms with Crippen LogP contribution in [-0.4, -0.2) is 56.7 Å². The van der Waals surface area contributed by atoms with Gasteiger partial charge in [0.25, 0.3) is 5.56 Å². The second-order valence-electron chi connectivity index (χ2n) is 10.7. The van der Waals surface area contributed by atoms with Gasteiger partial charge in [-0.05, 0) is 70.2 Å². The molecular weight excluding hydrogens is 472 g/mol. The first kappa shape index (κ1) is 26.2. The third-order valence-electron chi connectivity index (χ3n) is 6.49. The van der Waals surface area contributed by atoms with Gasteiger partial charge in [-0.25, -0.2) is 9.78 Å². The molecule has 1 aliphatic rings. The van der Waals surface area contributed by atoms with Gasteiger partial charge in [-0.1, -0.05) is 6.07 Å². The Bertz CT molecular complexity index is 1350. The maximum atomic E-state index is 13.1. The number of nitrogens with one attached hydrogen (secondary N) is 3. The third kappa shape index (κ3) is 6.49. The van der Waals surface area contributed by atoms with Gasteiger partial charge in [0.15, 0.2) is 5.82 Å². The van der Waals surface area contributed by atoms with Crippen LogP contribution in [0.4, 0.5) is 10.6 Å². The highest BCUT2D eigenvalue weighted by atomic mass is 16.6. The van der Waals surface area contributed by atoms with E-state index in [1.54, 1.807) is 18.0 Å². The summed E-state index contributed by atoms with van der Waals surface area (Å²) >= 11 is 0. The van der Waals surface area contributed by atoms with E-state index in [-0.39, 0.29) is 35.8 Å². The highest BCUT2D eigenvalue weighted by Crippen LogP contribution is 2.20. The fraction of sp³-hybridized carbons (Fsp3) is 0.481. The standard InChI is InChI=1S/C27H36N6O4/c1-17-11-28-22-7-6-19(10-21(17)22)13-29-23(34)16-33-18(2)12-30-24(25(33)35)31-14-20-8-9-32(15-20)26(36)37-27(3,4)5/h6-7,10-12,20,28H,8-9,13-16H2,1-5H3,(H,29,34)(H,30,31)/t20-/m1/s1. The summed E-state index contributed by atoms with van der Waals surface area (Å²) in [6.45, 7) is 11.3. The largest absolute Gasteiger partial charge is 0.444 e. The van der Waals surface area contributed by atoms with E-state index >= 15 is 0 Å². The minimum atomic E-state index is -0.536. The molecule has 1 aliphatic heterocycles. The van der Waals surface area contributed by atoms with Gasteiger partial charge in [-0.2, -0.15) is 0 Å². The molecule has 2 aromatic heterocycles. The van der Waals surface area contributed by atoms with Crippen LogP contribution in [0.5, 0.6) is 0 Å². The van der Waals surface area contributed by atoms with E-state index in [0.717, 1.165) is 28.5 Å². The molecule has 0 aliphatic carbocycles. The number of carbonyl (C=O) groups is 2. The summed E-state index contributed by atoms with van der Waals surface area (Å²) in [6, 6.07) is 6.02. The van der Waals surface area contributed by atoms with Gasteiger partial charge in [0.1, 0.15) is 12.1 Å². The quantitative estimate of drug-likeness (QED) is 0.450. The molecule has 37 heavy (non-hydrogen) atoms. The molecule has 0 radical (unpaired) electrons. The molecule has 1 atom stereocenters. The van der Waals surface area contributed by atoms with Gasteiger partial charge in [-0.3, -0.25) is 14.2 Å². The van der Waals surface area contributed by atoms with E-state index in [9.17, 15) is 14.4 Å². The minimum Gasteiger partial charge on any atom is -0.444 e. The van der Waals surface area contributed by atoms with Crippen LogP contribution in [0, 0.1) is 19.8 Å². The number of carbonyl (C=O) groups excluding carboxylic acids is 2. The Morgan fingerprint density at radius 3 is 2.78 bits per heavy atom. The van der Waals surface area contributed by atoms with Gasteiger partial charge in [0.2, 0.25) is 5.91 Å². The minimum absolute atomic E-state index is 0.0941. The molecule has 10 nitrogen and oxygen atoms in total. The maximum Gasteiger partial charge on any atom is 0.410 e. The van der Waals surface area contributed by atoms with Crippen LogP contribution in [-0.2, 0) is 22.6 Å². The summed E-state index contributed by atoms with van der Waals surface area (Å²) in [5, 5.41) is 7.16. The zero-order chi connectivity index (χ0) is 26.7. The number of rotatable bonds is 7. The number of aromatic nitrogens is 3. The van der Waals surface area contributed by atoms with Crippen LogP contribution >= 0.6 is 0 Å². The molecule has 198 valence electrons. The molecule has 0 spiro atoms. The summed E-state index contributed by atoms with van der Waals surface area (Å²) in [6.07, 6.45) is 4.03. The SMILES string of the molecule is Cc1c[nH]c2ccc(CNC(=O)Cn3c(C)cnc(NC[C@H]4CCN(C(=O)OC(C)(C)C)C4)c3=O)cc12. The summed E-state index contributed by atoms with van der Waals surface area (Å²) in [7, 11) is 0. The highest BCUT2D eigenvalue weighted by Gasteiger charge is 2.29. The molecule has 1 saturated heterocycles. The highest BCUT2D eigenvalue weighted by molar-refractivity contribution is 5.83. The van der Waals surface area contributed by atoms with Gasteiger partial charge in [0, 0.05) is 55.2 Å². The first-order chi connectivity index (χ1) is 17.5. The maximum absolute atomic E-state index is 13.1.